The monoisotopic (exact) mass is 235 g/mol. The van der Waals surface area contributed by atoms with Crippen molar-refractivity contribution in [1.82, 2.24) is 0 Å². The van der Waals surface area contributed by atoms with Gasteiger partial charge in [0.2, 0.25) is 0 Å². The average molecular weight is 235 g/mol. The molecule has 17 heavy (non-hydrogen) atoms. The first-order chi connectivity index (χ1) is 8.06. The highest BCUT2D eigenvalue weighted by Crippen LogP contribution is 2.16. The minimum Gasteiger partial charge on any atom is -0.296 e. The van der Waals surface area contributed by atoms with Gasteiger partial charge in [0.05, 0.1) is 0 Å². The lowest BCUT2D eigenvalue weighted by Crippen LogP contribution is -2.06. The summed E-state index contributed by atoms with van der Waals surface area (Å²) in [7, 11) is 1.71. The van der Waals surface area contributed by atoms with Crippen LogP contribution in [0, 0.1) is 5.92 Å². The van der Waals surface area contributed by atoms with Crippen LogP contribution in [0.15, 0.2) is 28.8 Å². The van der Waals surface area contributed by atoms with E-state index in [1.54, 1.807) is 19.3 Å². The second-order valence-corrected chi connectivity index (χ2v) is 4.54. The number of aliphatic imine (C=N–C) groups is 1. The zero-order chi connectivity index (χ0) is 13.3. The molecule has 0 aliphatic rings. The summed E-state index contributed by atoms with van der Waals surface area (Å²) in [5, 5.41) is 0. The van der Waals surface area contributed by atoms with Crippen molar-refractivity contribution in [2.45, 2.75) is 46.5 Å². The van der Waals surface area contributed by atoms with Crippen molar-refractivity contribution < 1.29 is 4.79 Å². The van der Waals surface area contributed by atoms with Gasteiger partial charge < -0.3 is 0 Å². The van der Waals surface area contributed by atoms with Crippen LogP contribution in [0.25, 0.3) is 0 Å². The highest BCUT2D eigenvalue weighted by atomic mass is 16.1. The van der Waals surface area contributed by atoms with E-state index >= 15 is 0 Å². The lowest BCUT2D eigenvalue weighted by Gasteiger charge is -2.10. The Morgan fingerprint density at radius 3 is 2.53 bits per heavy atom. The molecule has 0 aromatic heterocycles. The smallest absolute Gasteiger partial charge is 0.163 e. The van der Waals surface area contributed by atoms with E-state index in [1.807, 2.05) is 6.92 Å². The van der Waals surface area contributed by atoms with Crippen molar-refractivity contribution in [2.75, 3.05) is 7.05 Å². The van der Waals surface area contributed by atoms with Gasteiger partial charge in [0, 0.05) is 25.3 Å². The molecule has 0 fully saturated rings. The van der Waals surface area contributed by atoms with E-state index in [-0.39, 0.29) is 5.78 Å². The molecule has 0 N–H and O–H groups in total. The van der Waals surface area contributed by atoms with Gasteiger partial charge >= 0.3 is 0 Å². The van der Waals surface area contributed by atoms with Crippen molar-refractivity contribution in [2.24, 2.45) is 10.9 Å². The van der Waals surface area contributed by atoms with E-state index in [0.717, 1.165) is 12.0 Å². The summed E-state index contributed by atoms with van der Waals surface area (Å²) < 4.78 is 0. The SMILES string of the molecule is C=C/C(C(=O)CCC(C)CCC)=C(/C)C=NC. The standard InChI is InChI=1S/C15H25NO/c1-6-8-12(3)9-10-15(17)14(7-2)13(4)11-16-5/h7,11-12H,2,6,8-10H2,1,3-5H3/b14-13+,16-11?. The Kier molecular flexibility index (Phi) is 8.29. The van der Waals surface area contributed by atoms with Crippen LogP contribution in [0.2, 0.25) is 0 Å². The molecule has 0 bridgehead atoms. The molecule has 0 aliphatic carbocycles. The van der Waals surface area contributed by atoms with Crippen LogP contribution in [0.3, 0.4) is 0 Å². The number of rotatable bonds is 8. The zero-order valence-electron chi connectivity index (χ0n) is 11.6. The maximum Gasteiger partial charge on any atom is 0.163 e. The second kappa shape index (κ2) is 8.91. The van der Waals surface area contributed by atoms with Gasteiger partial charge in [-0.2, -0.15) is 0 Å². The molecule has 2 nitrogen and oxygen atoms in total. The molecule has 0 spiro atoms. The second-order valence-electron chi connectivity index (χ2n) is 4.54. The van der Waals surface area contributed by atoms with Gasteiger partial charge in [-0.25, -0.2) is 0 Å². The van der Waals surface area contributed by atoms with Gasteiger partial charge in [-0.05, 0) is 24.8 Å². The molecule has 0 heterocycles. The van der Waals surface area contributed by atoms with Gasteiger partial charge in [0.25, 0.3) is 0 Å². The van der Waals surface area contributed by atoms with E-state index in [1.165, 1.54) is 12.8 Å². The lowest BCUT2D eigenvalue weighted by atomic mass is 9.95. The number of ketones is 1. The van der Waals surface area contributed by atoms with Crippen molar-refractivity contribution in [3.05, 3.63) is 23.8 Å². The van der Waals surface area contributed by atoms with E-state index in [9.17, 15) is 4.79 Å². The quantitative estimate of drug-likeness (QED) is 0.355. The molecule has 0 rings (SSSR count). The Labute approximate surface area is 106 Å². The number of carbonyl (C=O) groups is 1. The first-order valence-electron chi connectivity index (χ1n) is 6.35. The molecule has 0 saturated heterocycles. The highest BCUT2D eigenvalue weighted by Gasteiger charge is 2.10. The van der Waals surface area contributed by atoms with Gasteiger partial charge in [0.15, 0.2) is 5.78 Å². The Balaban J connectivity index is 4.47. The molecule has 0 amide bonds. The minimum atomic E-state index is 0.181. The first kappa shape index (κ1) is 15.8. The third kappa shape index (κ3) is 6.20. The first-order valence-corrected chi connectivity index (χ1v) is 6.35. The summed E-state index contributed by atoms with van der Waals surface area (Å²) >= 11 is 0. The van der Waals surface area contributed by atoms with Crippen LogP contribution < -0.4 is 0 Å². The fourth-order valence-corrected chi connectivity index (χ4v) is 1.91. The Morgan fingerprint density at radius 2 is 2.06 bits per heavy atom. The molecular weight excluding hydrogens is 210 g/mol. The van der Waals surface area contributed by atoms with E-state index < -0.39 is 0 Å². The lowest BCUT2D eigenvalue weighted by molar-refractivity contribution is -0.115. The number of nitrogens with zero attached hydrogens (tertiary/aromatic N) is 1. The van der Waals surface area contributed by atoms with Gasteiger partial charge in [-0.1, -0.05) is 39.3 Å². The predicted molar refractivity (Wildman–Crippen MR) is 75.6 cm³/mol. The molecule has 0 aromatic rings. The Morgan fingerprint density at radius 1 is 1.41 bits per heavy atom. The van der Waals surface area contributed by atoms with E-state index in [2.05, 4.69) is 25.4 Å². The zero-order valence-corrected chi connectivity index (χ0v) is 11.6. The molecule has 1 atom stereocenters. The summed E-state index contributed by atoms with van der Waals surface area (Å²) in [6, 6.07) is 0. The number of hydrogen-bond acceptors (Lipinski definition) is 2. The van der Waals surface area contributed by atoms with Crippen LogP contribution in [-0.4, -0.2) is 19.0 Å². The van der Waals surface area contributed by atoms with Crippen LogP contribution >= 0.6 is 0 Å². The molecule has 2 heteroatoms. The van der Waals surface area contributed by atoms with E-state index in [0.29, 0.717) is 17.9 Å². The van der Waals surface area contributed by atoms with Crippen LogP contribution in [0.1, 0.15) is 46.5 Å². The Bertz CT molecular complexity index is 313. The topological polar surface area (TPSA) is 29.4 Å². The summed E-state index contributed by atoms with van der Waals surface area (Å²) in [4.78, 5) is 15.9. The maximum absolute atomic E-state index is 12.0. The third-order valence-corrected chi connectivity index (χ3v) is 2.90. The van der Waals surface area contributed by atoms with Gasteiger partial charge in [-0.3, -0.25) is 9.79 Å². The molecule has 0 radical (unpaired) electrons. The molecule has 96 valence electrons. The predicted octanol–water partition coefficient (Wildman–Crippen LogP) is 3.98. The van der Waals surface area contributed by atoms with Crippen LogP contribution in [0.5, 0.6) is 0 Å². The number of carbonyl (C=O) groups excluding carboxylic acids is 1. The van der Waals surface area contributed by atoms with Crippen molar-refractivity contribution in [3.63, 3.8) is 0 Å². The van der Waals surface area contributed by atoms with Gasteiger partial charge in [0.1, 0.15) is 0 Å². The maximum atomic E-state index is 12.0. The van der Waals surface area contributed by atoms with Crippen molar-refractivity contribution in [1.29, 1.82) is 0 Å². The summed E-state index contributed by atoms with van der Waals surface area (Å²) in [5.74, 6) is 0.801. The molecule has 1 unspecified atom stereocenters. The average Bonchev–Trinajstić information content (AvgIpc) is 2.28. The van der Waals surface area contributed by atoms with Gasteiger partial charge in [-0.15, -0.1) is 0 Å². The summed E-state index contributed by atoms with van der Waals surface area (Å²) in [6.07, 6.45) is 7.29. The summed E-state index contributed by atoms with van der Waals surface area (Å²) in [6.45, 7) is 9.99. The van der Waals surface area contributed by atoms with Crippen LogP contribution in [0.4, 0.5) is 0 Å². The van der Waals surface area contributed by atoms with E-state index in [4.69, 9.17) is 0 Å². The largest absolute Gasteiger partial charge is 0.296 e. The molecular formula is C15H25NO. The number of allylic oxidation sites excluding steroid dienone is 3. The fraction of sp³-hybridized carbons (Fsp3) is 0.600. The Hall–Kier alpha value is -1.18. The molecule has 0 aliphatic heterocycles. The number of hydrogen-bond donors (Lipinski definition) is 0. The molecule has 0 saturated carbocycles. The molecule has 0 aromatic carbocycles. The third-order valence-electron chi connectivity index (χ3n) is 2.90. The summed E-state index contributed by atoms with van der Waals surface area (Å²) in [5.41, 5.74) is 1.61. The normalized spacial score (nSPS) is 14.6. The fourth-order valence-electron chi connectivity index (χ4n) is 1.91. The highest BCUT2D eigenvalue weighted by molar-refractivity contribution is 6.03. The van der Waals surface area contributed by atoms with Crippen molar-refractivity contribution in [3.8, 4) is 0 Å². The minimum absolute atomic E-state index is 0.181. The van der Waals surface area contributed by atoms with Crippen LogP contribution in [-0.2, 0) is 4.79 Å². The number of Topliss-reactive ketones (excluding diaryl/α,β-unsaturated/α-hetero) is 1. The van der Waals surface area contributed by atoms with Crippen molar-refractivity contribution >= 4 is 12.0 Å².